The number of carbonyl (C=O) groups excluding carboxylic acids is 1. The SMILES string of the molecule is CCOc1cc(-c2n[nH]nc2C(N)=O)ccc1O. The minimum absolute atomic E-state index is 0.0183. The maximum Gasteiger partial charge on any atom is 0.271 e. The van der Waals surface area contributed by atoms with E-state index in [0.717, 1.165) is 0 Å². The van der Waals surface area contributed by atoms with Crippen molar-refractivity contribution in [1.82, 2.24) is 15.4 Å². The molecule has 1 heterocycles. The molecule has 0 saturated heterocycles. The van der Waals surface area contributed by atoms with Crippen LogP contribution in [0.1, 0.15) is 17.4 Å². The zero-order valence-electron chi connectivity index (χ0n) is 9.67. The van der Waals surface area contributed by atoms with Crippen LogP contribution < -0.4 is 10.5 Å². The number of phenolic OH excluding ortho intramolecular Hbond substituents is 1. The Labute approximate surface area is 103 Å². The molecular formula is C11H12N4O3. The van der Waals surface area contributed by atoms with Gasteiger partial charge in [-0.2, -0.15) is 15.4 Å². The molecule has 0 bridgehead atoms. The second-order valence-electron chi connectivity index (χ2n) is 3.50. The minimum atomic E-state index is -0.676. The smallest absolute Gasteiger partial charge is 0.271 e. The molecule has 1 aromatic heterocycles. The average molecular weight is 248 g/mol. The van der Waals surface area contributed by atoms with E-state index in [4.69, 9.17) is 10.5 Å². The van der Waals surface area contributed by atoms with Gasteiger partial charge in [0.15, 0.2) is 17.2 Å². The number of nitrogens with one attached hydrogen (secondary N) is 1. The van der Waals surface area contributed by atoms with Crippen molar-refractivity contribution in [2.75, 3.05) is 6.61 Å². The van der Waals surface area contributed by atoms with E-state index in [1.165, 1.54) is 6.07 Å². The Hall–Kier alpha value is -2.57. The normalized spacial score (nSPS) is 10.3. The number of amides is 1. The molecule has 2 rings (SSSR count). The maximum absolute atomic E-state index is 11.2. The molecule has 7 nitrogen and oxygen atoms in total. The lowest BCUT2D eigenvalue weighted by molar-refractivity contribution is 0.0996. The molecule has 0 fully saturated rings. The number of H-pyrrole nitrogens is 1. The van der Waals surface area contributed by atoms with Crippen molar-refractivity contribution < 1.29 is 14.6 Å². The topological polar surface area (TPSA) is 114 Å². The van der Waals surface area contributed by atoms with Crippen molar-refractivity contribution in [2.24, 2.45) is 5.73 Å². The Morgan fingerprint density at radius 1 is 1.50 bits per heavy atom. The molecule has 0 unspecified atom stereocenters. The molecule has 94 valence electrons. The van der Waals surface area contributed by atoms with Crippen LogP contribution in [0, 0.1) is 0 Å². The number of hydrogen-bond acceptors (Lipinski definition) is 5. The van der Waals surface area contributed by atoms with Crippen molar-refractivity contribution in [3.8, 4) is 22.8 Å². The third kappa shape index (κ3) is 2.10. The first kappa shape index (κ1) is 11.9. The molecule has 1 aromatic carbocycles. The highest BCUT2D eigenvalue weighted by atomic mass is 16.5. The lowest BCUT2D eigenvalue weighted by Gasteiger charge is -2.07. The molecule has 2 aromatic rings. The summed E-state index contributed by atoms with van der Waals surface area (Å²) < 4.78 is 5.25. The summed E-state index contributed by atoms with van der Waals surface area (Å²) in [5, 5.41) is 19.5. The van der Waals surface area contributed by atoms with Crippen LogP contribution in [-0.2, 0) is 0 Å². The first-order valence-electron chi connectivity index (χ1n) is 5.30. The summed E-state index contributed by atoms with van der Waals surface area (Å²) in [4.78, 5) is 11.2. The third-order valence-corrected chi connectivity index (χ3v) is 2.31. The Morgan fingerprint density at radius 3 is 2.94 bits per heavy atom. The zero-order valence-corrected chi connectivity index (χ0v) is 9.67. The van der Waals surface area contributed by atoms with Crippen LogP contribution in [0.25, 0.3) is 11.3 Å². The summed E-state index contributed by atoms with van der Waals surface area (Å²) in [5.74, 6) is -0.345. The van der Waals surface area contributed by atoms with Gasteiger partial charge in [-0.15, -0.1) is 0 Å². The number of rotatable bonds is 4. The molecule has 0 aliphatic rings. The predicted molar refractivity (Wildman–Crippen MR) is 63.2 cm³/mol. The van der Waals surface area contributed by atoms with E-state index in [-0.39, 0.29) is 11.4 Å². The molecular weight excluding hydrogens is 236 g/mol. The number of aromatic hydroxyl groups is 1. The third-order valence-electron chi connectivity index (χ3n) is 2.31. The molecule has 18 heavy (non-hydrogen) atoms. The first-order chi connectivity index (χ1) is 8.63. The van der Waals surface area contributed by atoms with Gasteiger partial charge in [0, 0.05) is 5.56 Å². The number of carbonyl (C=O) groups is 1. The van der Waals surface area contributed by atoms with Crippen LogP contribution in [0.3, 0.4) is 0 Å². The fourth-order valence-electron chi connectivity index (χ4n) is 1.54. The Kier molecular flexibility index (Phi) is 3.13. The first-order valence-corrected chi connectivity index (χ1v) is 5.30. The van der Waals surface area contributed by atoms with Gasteiger partial charge >= 0.3 is 0 Å². The summed E-state index contributed by atoms with van der Waals surface area (Å²) in [5.41, 5.74) is 6.13. The summed E-state index contributed by atoms with van der Waals surface area (Å²) in [6.07, 6.45) is 0. The summed E-state index contributed by atoms with van der Waals surface area (Å²) in [6.45, 7) is 2.22. The monoisotopic (exact) mass is 248 g/mol. The van der Waals surface area contributed by atoms with Gasteiger partial charge in [0.1, 0.15) is 5.69 Å². The van der Waals surface area contributed by atoms with Crippen LogP contribution in [0.2, 0.25) is 0 Å². The van der Waals surface area contributed by atoms with Crippen molar-refractivity contribution in [3.63, 3.8) is 0 Å². The number of benzene rings is 1. The number of primary amides is 1. The fraction of sp³-hybridized carbons (Fsp3) is 0.182. The number of aromatic amines is 1. The van der Waals surface area contributed by atoms with E-state index in [2.05, 4.69) is 15.4 Å². The Bertz CT molecular complexity index is 579. The predicted octanol–water partition coefficient (Wildman–Crippen LogP) is 0.675. The Balaban J connectivity index is 2.47. The Morgan fingerprint density at radius 2 is 2.28 bits per heavy atom. The lowest BCUT2D eigenvalue weighted by Crippen LogP contribution is -2.12. The minimum Gasteiger partial charge on any atom is -0.504 e. The standard InChI is InChI=1S/C11H12N4O3/c1-2-18-8-5-6(3-4-7(8)16)9-10(11(12)17)14-15-13-9/h3-5,16H,2H2,1H3,(H2,12,17)(H,13,14,15). The molecule has 1 amide bonds. The van der Waals surface area contributed by atoms with E-state index < -0.39 is 5.91 Å². The van der Waals surface area contributed by atoms with Crippen LogP contribution in [0.15, 0.2) is 18.2 Å². The maximum atomic E-state index is 11.2. The van der Waals surface area contributed by atoms with Crippen molar-refractivity contribution in [1.29, 1.82) is 0 Å². The second-order valence-corrected chi connectivity index (χ2v) is 3.50. The molecule has 0 atom stereocenters. The quantitative estimate of drug-likeness (QED) is 0.735. The van der Waals surface area contributed by atoms with Gasteiger partial charge < -0.3 is 15.6 Å². The van der Waals surface area contributed by atoms with Crippen molar-refractivity contribution >= 4 is 5.91 Å². The van der Waals surface area contributed by atoms with E-state index in [0.29, 0.717) is 23.6 Å². The zero-order chi connectivity index (χ0) is 13.1. The number of aromatic nitrogens is 3. The van der Waals surface area contributed by atoms with Gasteiger partial charge in [-0.25, -0.2) is 0 Å². The molecule has 0 saturated carbocycles. The summed E-state index contributed by atoms with van der Waals surface area (Å²) in [6, 6.07) is 4.63. The highest BCUT2D eigenvalue weighted by molar-refractivity contribution is 5.96. The van der Waals surface area contributed by atoms with Gasteiger partial charge in [0.05, 0.1) is 6.61 Å². The number of nitrogens with two attached hydrogens (primary N) is 1. The molecule has 0 aliphatic carbocycles. The molecule has 7 heteroatoms. The molecule has 4 N–H and O–H groups in total. The summed E-state index contributed by atoms with van der Waals surface area (Å²) >= 11 is 0. The largest absolute Gasteiger partial charge is 0.504 e. The van der Waals surface area contributed by atoms with E-state index in [9.17, 15) is 9.90 Å². The fourth-order valence-corrected chi connectivity index (χ4v) is 1.54. The number of phenols is 1. The lowest BCUT2D eigenvalue weighted by atomic mass is 10.1. The molecule has 0 radical (unpaired) electrons. The van der Waals surface area contributed by atoms with E-state index in [1.807, 2.05) is 0 Å². The van der Waals surface area contributed by atoms with Crippen molar-refractivity contribution in [2.45, 2.75) is 6.92 Å². The van der Waals surface area contributed by atoms with Gasteiger partial charge in [0.2, 0.25) is 0 Å². The molecule has 0 spiro atoms. The second kappa shape index (κ2) is 4.74. The highest BCUT2D eigenvalue weighted by Gasteiger charge is 2.16. The van der Waals surface area contributed by atoms with Crippen LogP contribution in [-0.4, -0.2) is 33.0 Å². The van der Waals surface area contributed by atoms with Gasteiger partial charge in [-0.1, -0.05) is 0 Å². The van der Waals surface area contributed by atoms with Gasteiger partial charge in [0.25, 0.3) is 5.91 Å². The van der Waals surface area contributed by atoms with Crippen LogP contribution >= 0.6 is 0 Å². The number of nitrogens with zero attached hydrogens (tertiary/aromatic N) is 2. The van der Waals surface area contributed by atoms with Gasteiger partial charge in [-0.3, -0.25) is 4.79 Å². The molecule has 0 aliphatic heterocycles. The number of hydrogen-bond donors (Lipinski definition) is 3. The van der Waals surface area contributed by atoms with E-state index in [1.54, 1.807) is 19.1 Å². The summed E-state index contributed by atoms with van der Waals surface area (Å²) in [7, 11) is 0. The van der Waals surface area contributed by atoms with E-state index >= 15 is 0 Å². The van der Waals surface area contributed by atoms with Crippen molar-refractivity contribution in [3.05, 3.63) is 23.9 Å². The average Bonchev–Trinajstić information content (AvgIpc) is 2.81. The van der Waals surface area contributed by atoms with Crippen LogP contribution in [0.5, 0.6) is 11.5 Å². The van der Waals surface area contributed by atoms with Gasteiger partial charge in [-0.05, 0) is 25.1 Å². The van der Waals surface area contributed by atoms with Crippen LogP contribution in [0.4, 0.5) is 0 Å². The highest BCUT2D eigenvalue weighted by Crippen LogP contribution is 2.31. The number of ether oxygens (including phenoxy) is 1.